The van der Waals surface area contributed by atoms with Crippen molar-refractivity contribution in [1.82, 2.24) is 0 Å². The average Bonchev–Trinajstić information content (AvgIpc) is 2.83. The molecule has 3 N–H and O–H groups in total. The number of rotatable bonds is 4. The molecule has 0 atom stereocenters. The second-order valence-electron chi connectivity index (χ2n) is 4.77. The van der Waals surface area contributed by atoms with Gasteiger partial charge in [-0.15, -0.1) is 0 Å². The molecule has 18 heavy (non-hydrogen) atoms. The van der Waals surface area contributed by atoms with Gasteiger partial charge in [-0.05, 0) is 37.5 Å². The highest BCUT2D eigenvalue weighted by atomic mass is 16.1. The molecule has 0 bridgehead atoms. The number of nitrogens with one attached hydrogen (secondary N) is 1. The largest absolute Gasteiger partial charge is 0.399 e. The molecule has 0 radical (unpaired) electrons. The molecule has 4 nitrogen and oxygen atoms in total. The fraction of sp³-hybridized carbons (Fsp3) is 0.500. The van der Waals surface area contributed by atoms with Crippen LogP contribution in [0.3, 0.4) is 0 Å². The molecule has 0 saturated carbocycles. The smallest absolute Gasteiger partial charge is 0.224 e. The Morgan fingerprint density at radius 1 is 1.39 bits per heavy atom. The molecule has 0 aromatic heterocycles. The van der Waals surface area contributed by atoms with Gasteiger partial charge in [-0.2, -0.15) is 0 Å². The van der Waals surface area contributed by atoms with E-state index in [4.69, 9.17) is 5.73 Å². The molecule has 1 aliphatic heterocycles. The van der Waals surface area contributed by atoms with Crippen molar-refractivity contribution in [1.29, 1.82) is 0 Å². The summed E-state index contributed by atoms with van der Waals surface area (Å²) in [5.41, 5.74) is 8.42. The number of amides is 1. The van der Waals surface area contributed by atoms with Gasteiger partial charge in [0.2, 0.25) is 5.91 Å². The lowest BCUT2D eigenvalue weighted by Crippen LogP contribution is -2.21. The predicted octanol–water partition coefficient (Wildman–Crippen LogP) is 2.61. The number of nitrogens with zero attached hydrogens (tertiary/aromatic N) is 1. The zero-order valence-electron chi connectivity index (χ0n) is 10.9. The van der Waals surface area contributed by atoms with Gasteiger partial charge in [0, 0.05) is 25.2 Å². The fourth-order valence-corrected chi connectivity index (χ4v) is 2.33. The molecule has 98 valence electrons. The van der Waals surface area contributed by atoms with E-state index in [-0.39, 0.29) is 5.91 Å². The minimum Gasteiger partial charge on any atom is -0.399 e. The third kappa shape index (κ3) is 2.94. The van der Waals surface area contributed by atoms with Crippen LogP contribution in [0.2, 0.25) is 0 Å². The first kappa shape index (κ1) is 12.7. The molecule has 1 aromatic rings. The molecule has 2 rings (SSSR count). The minimum absolute atomic E-state index is 0.0588. The lowest BCUT2D eigenvalue weighted by atomic mass is 10.2. The fourth-order valence-electron chi connectivity index (χ4n) is 2.33. The normalized spacial score (nSPS) is 14.8. The van der Waals surface area contributed by atoms with Gasteiger partial charge >= 0.3 is 0 Å². The number of anilines is 3. The Morgan fingerprint density at radius 2 is 2.11 bits per heavy atom. The molecule has 0 spiro atoms. The molecule has 1 saturated heterocycles. The quantitative estimate of drug-likeness (QED) is 0.804. The van der Waals surface area contributed by atoms with Crippen LogP contribution in [0.5, 0.6) is 0 Å². The van der Waals surface area contributed by atoms with E-state index in [2.05, 4.69) is 10.2 Å². The van der Waals surface area contributed by atoms with Crippen LogP contribution in [0.25, 0.3) is 0 Å². The highest BCUT2D eigenvalue weighted by Crippen LogP contribution is 2.30. The molecule has 4 heteroatoms. The van der Waals surface area contributed by atoms with Crippen LogP contribution in [0, 0.1) is 0 Å². The summed E-state index contributed by atoms with van der Waals surface area (Å²) in [6.45, 7) is 4.11. The first-order chi connectivity index (χ1) is 8.70. The Morgan fingerprint density at radius 3 is 2.78 bits per heavy atom. The van der Waals surface area contributed by atoms with E-state index in [0.29, 0.717) is 12.1 Å². The summed E-state index contributed by atoms with van der Waals surface area (Å²) < 4.78 is 0. The maximum atomic E-state index is 11.7. The summed E-state index contributed by atoms with van der Waals surface area (Å²) >= 11 is 0. The maximum Gasteiger partial charge on any atom is 0.224 e. The number of nitrogens with two attached hydrogens (primary N) is 1. The number of carbonyl (C=O) groups is 1. The summed E-state index contributed by atoms with van der Waals surface area (Å²) in [6, 6.07) is 5.74. The molecular formula is C14H21N3O. The Balaban J connectivity index is 2.20. The van der Waals surface area contributed by atoms with Crippen LogP contribution in [0.1, 0.15) is 32.6 Å². The van der Waals surface area contributed by atoms with Crippen molar-refractivity contribution in [2.24, 2.45) is 0 Å². The van der Waals surface area contributed by atoms with E-state index in [0.717, 1.165) is 30.9 Å². The van der Waals surface area contributed by atoms with E-state index in [1.807, 2.05) is 25.1 Å². The zero-order chi connectivity index (χ0) is 13.0. The van der Waals surface area contributed by atoms with E-state index in [1.165, 1.54) is 12.8 Å². The van der Waals surface area contributed by atoms with E-state index < -0.39 is 0 Å². The van der Waals surface area contributed by atoms with Gasteiger partial charge in [-0.1, -0.05) is 6.92 Å². The lowest BCUT2D eigenvalue weighted by molar-refractivity contribution is -0.116. The second-order valence-corrected chi connectivity index (χ2v) is 4.77. The number of nitrogen functional groups attached to an aromatic ring is 1. The van der Waals surface area contributed by atoms with Crippen molar-refractivity contribution < 1.29 is 4.79 Å². The summed E-state index contributed by atoms with van der Waals surface area (Å²) in [5, 5.41) is 2.97. The third-order valence-electron chi connectivity index (χ3n) is 3.22. The van der Waals surface area contributed by atoms with E-state index in [1.54, 1.807) is 0 Å². The number of hydrogen-bond acceptors (Lipinski definition) is 3. The van der Waals surface area contributed by atoms with Crippen LogP contribution in [0.15, 0.2) is 18.2 Å². The molecule has 1 aromatic carbocycles. The first-order valence-electron chi connectivity index (χ1n) is 6.65. The second kappa shape index (κ2) is 5.76. The van der Waals surface area contributed by atoms with Gasteiger partial charge in [0.1, 0.15) is 0 Å². The highest BCUT2D eigenvalue weighted by Gasteiger charge is 2.16. The molecule has 0 aliphatic carbocycles. The Kier molecular flexibility index (Phi) is 4.07. The molecule has 1 aliphatic rings. The summed E-state index contributed by atoms with van der Waals surface area (Å²) in [4.78, 5) is 14.0. The topological polar surface area (TPSA) is 58.4 Å². The van der Waals surface area contributed by atoms with Gasteiger partial charge in [0.15, 0.2) is 0 Å². The Hall–Kier alpha value is -1.71. The van der Waals surface area contributed by atoms with Crippen LogP contribution < -0.4 is 16.0 Å². The first-order valence-corrected chi connectivity index (χ1v) is 6.65. The zero-order valence-corrected chi connectivity index (χ0v) is 10.9. The lowest BCUT2D eigenvalue weighted by Gasteiger charge is -2.22. The van der Waals surface area contributed by atoms with Gasteiger partial charge in [0.25, 0.3) is 0 Å². The summed E-state index contributed by atoms with van der Waals surface area (Å²) in [6.07, 6.45) is 3.83. The molecule has 0 unspecified atom stereocenters. The van der Waals surface area contributed by atoms with Gasteiger partial charge in [-0.3, -0.25) is 4.79 Å². The van der Waals surface area contributed by atoms with Crippen molar-refractivity contribution in [3.8, 4) is 0 Å². The monoisotopic (exact) mass is 247 g/mol. The molecular weight excluding hydrogens is 226 g/mol. The Labute approximate surface area is 108 Å². The molecule has 1 fully saturated rings. The Bertz CT molecular complexity index is 425. The van der Waals surface area contributed by atoms with Crippen molar-refractivity contribution in [2.75, 3.05) is 29.0 Å². The van der Waals surface area contributed by atoms with Crippen molar-refractivity contribution in [3.63, 3.8) is 0 Å². The SMILES string of the molecule is CCCC(=O)Nc1cc(N)ccc1N1CCCC1. The number of benzene rings is 1. The van der Waals surface area contributed by atoms with E-state index in [9.17, 15) is 4.79 Å². The third-order valence-corrected chi connectivity index (χ3v) is 3.22. The van der Waals surface area contributed by atoms with Crippen molar-refractivity contribution >= 4 is 23.0 Å². The van der Waals surface area contributed by atoms with Crippen molar-refractivity contribution in [3.05, 3.63) is 18.2 Å². The van der Waals surface area contributed by atoms with Gasteiger partial charge in [-0.25, -0.2) is 0 Å². The number of hydrogen-bond donors (Lipinski definition) is 2. The standard InChI is InChI=1S/C14H21N3O/c1-2-5-14(18)16-12-10-11(15)6-7-13(12)17-8-3-4-9-17/h6-7,10H,2-5,8-9,15H2,1H3,(H,16,18). The molecule has 1 heterocycles. The van der Waals surface area contributed by atoms with Gasteiger partial charge < -0.3 is 16.0 Å². The summed E-state index contributed by atoms with van der Waals surface area (Å²) in [5.74, 6) is 0.0588. The number of carbonyl (C=O) groups excluding carboxylic acids is 1. The predicted molar refractivity (Wildman–Crippen MR) is 75.8 cm³/mol. The van der Waals surface area contributed by atoms with Crippen LogP contribution >= 0.6 is 0 Å². The van der Waals surface area contributed by atoms with Crippen LogP contribution in [0.4, 0.5) is 17.1 Å². The van der Waals surface area contributed by atoms with Crippen molar-refractivity contribution in [2.45, 2.75) is 32.6 Å². The van der Waals surface area contributed by atoms with Crippen LogP contribution in [-0.2, 0) is 4.79 Å². The average molecular weight is 247 g/mol. The van der Waals surface area contributed by atoms with Crippen LogP contribution in [-0.4, -0.2) is 19.0 Å². The summed E-state index contributed by atoms with van der Waals surface area (Å²) in [7, 11) is 0. The highest BCUT2D eigenvalue weighted by molar-refractivity contribution is 5.95. The van der Waals surface area contributed by atoms with Gasteiger partial charge in [0.05, 0.1) is 11.4 Å². The maximum absolute atomic E-state index is 11.7. The van der Waals surface area contributed by atoms with E-state index >= 15 is 0 Å². The minimum atomic E-state index is 0.0588. The molecule has 1 amide bonds.